The highest BCUT2D eigenvalue weighted by Gasteiger charge is 2.39. The average molecular weight is 318 g/mol. The molecule has 3 heterocycles. The van der Waals surface area contributed by atoms with Crippen molar-refractivity contribution >= 4 is 22.4 Å². The summed E-state index contributed by atoms with van der Waals surface area (Å²) in [5.41, 5.74) is 1.83. The maximum atomic E-state index is 11.6. The number of hydrogen-bond acceptors (Lipinski definition) is 6. The standard InChI is InChI=1S/C15H18N4O2S/c1-16-15-18-10(9-22-15)6-19-7-11(12(8-19)14(20)21)13-4-2-3-5-17-13/h2-5,9,11-12H,6-8H2,1H3,(H,16,18)(H,20,21)/t11-,12-/m0/s1. The van der Waals surface area contributed by atoms with Gasteiger partial charge >= 0.3 is 5.97 Å². The van der Waals surface area contributed by atoms with Gasteiger partial charge in [0.15, 0.2) is 5.13 Å². The van der Waals surface area contributed by atoms with Gasteiger partial charge < -0.3 is 10.4 Å². The van der Waals surface area contributed by atoms with Crippen molar-refractivity contribution in [3.05, 3.63) is 41.2 Å². The molecule has 6 nitrogen and oxygen atoms in total. The van der Waals surface area contributed by atoms with E-state index >= 15 is 0 Å². The molecule has 22 heavy (non-hydrogen) atoms. The number of pyridine rings is 1. The summed E-state index contributed by atoms with van der Waals surface area (Å²) in [5.74, 6) is -1.24. The van der Waals surface area contributed by atoms with Crippen LogP contribution in [-0.4, -0.2) is 46.1 Å². The topological polar surface area (TPSA) is 78.4 Å². The minimum atomic E-state index is -0.757. The van der Waals surface area contributed by atoms with Gasteiger partial charge in [-0.15, -0.1) is 11.3 Å². The third-order valence-corrected chi connectivity index (χ3v) is 4.84. The van der Waals surface area contributed by atoms with Crippen LogP contribution in [0.5, 0.6) is 0 Å². The first kappa shape index (κ1) is 14.9. The van der Waals surface area contributed by atoms with Crippen LogP contribution >= 0.6 is 11.3 Å². The molecule has 2 atom stereocenters. The molecule has 2 N–H and O–H groups in total. The molecule has 2 aromatic heterocycles. The van der Waals surface area contributed by atoms with E-state index in [1.54, 1.807) is 17.5 Å². The molecule has 0 aliphatic carbocycles. The molecule has 1 fully saturated rings. The maximum absolute atomic E-state index is 11.6. The van der Waals surface area contributed by atoms with Gasteiger partial charge in [-0.1, -0.05) is 6.07 Å². The van der Waals surface area contributed by atoms with Crippen molar-refractivity contribution in [1.29, 1.82) is 0 Å². The molecule has 1 saturated heterocycles. The summed E-state index contributed by atoms with van der Waals surface area (Å²) in [5, 5.41) is 15.4. The molecule has 0 unspecified atom stereocenters. The number of carboxylic acid groups (broad SMARTS) is 1. The Morgan fingerprint density at radius 2 is 2.36 bits per heavy atom. The molecule has 7 heteroatoms. The van der Waals surface area contributed by atoms with Crippen LogP contribution in [0.1, 0.15) is 17.3 Å². The first-order valence-corrected chi connectivity index (χ1v) is 8.03. The summed E-state index contributed by atoms with van der Waals surface area (Å²) in [6.07, 6.45) is 1.72. The molecule has 0 saturated carbocycles. The number of carboxylic acids is 1. The third-order valence-electron chi connectivity index (χ3n) is 3.93. The number of aromatic nitrogens is 2. The molecule has 0 bridgehead atoms. The lowest BCUT2D eigenvalue weighted by atomic mass is 9.93. The molecule has 1 aliphatic rings. The van der Waals surface area contributed by atoms with E-state index in [9.17, 15) is 9.90 Å². The second kappa shape index (κ2) is 6.41. The fourth-order valence-electron chi connectivity index (χ4n) is 2.88. The number of nitrogens with one attached hydrogen (secondary N) is 1. The predicted octanol–water partition coefficient (Wildman–Crippen LogP) is 1.88. The van der Waals surface area contributed by atoms with Gasteiger partial charge in [0.05, 0.1) is 11.6 Å². The Morgan fingerprint density at radius 3 is 3.00 bits per heavy atom. The van der Waals surface area contributed by atoms with E-state index in [4.69, 9.17) is 0 Å². The van der Waals surface area contributed by atoms with Crippen LogP contribution in [0.3, 0.4) is 0 Å². The summed E-state index contributed by atoms with van der Waals surface area (Å²) in [4.78, 5) is 22.5. The number of likely N-dealkylation sites (tertiary alicyclic amines) is 1. The number of thiazole rings is 1. The van der Waals surface area contributed by atoms with E-state index in [0.717, 1.165) is 16.5 Å². The van der Waals surface area contributed by atoms with E-state index in [1.807, 2.05) is 30.6 Å². The SMILES string of the molecule is CNc1nc(CN2C[C@H](C(=O)O)[C@@H](c3ccccn3)C2)cs1. The highest BCUT2D eigenvalue weighted by molar-refractivity contribution is 7.13. The van der Waals surface area contributed by atoms with Gasteiger partial charge in [0, 0.05) is 49.9 Å². The Balaban J connectivity index is 1.74. The van der Waals surface area contributed by atoms with Gasteiger partial charge in [0.1, 0.15) is 0 Å². The van der Waals surface area contributed by atoms with E-state index in [2.05, 4.69) is 20.2 Å². The summed E-state index contributed by atoms with van der Waals surface area (Å²) < 4.78 is 0. The molecule has 0 spiro atoms. The van der Waals surface area contributed by atoms with Gasteiger partial charge in [-0.3, -0.25) is 14.7 Å². The van der Waals surface area contributed by atoms with Crippen molar-refractivity contribution in [3.8, 4) is 0 Å². The molecule has 0 radical (unpaired) electrons. The Labute approximate surface area is 132 Å². The number of carbonyl (C=O) groups is 1. The van der Waals surface area contributed by atoms with Gasteiger partial charge in [-0.05, 0) is 12.1 Å². The first-order valence-electron chi connectivity index (χ1n) is 7.15. The fraction of sp³-hybridized carbons (Fsp3) is 0.400. The first-order chi connectivity index (χ1) is 10.7. The maximum Gasteiger partial charge on any atom is 0.308 e. The molecule has 1 aliphatic heterocycles. The minimum absolute atomic E-state index is 0.0684. The normalized spacial score (nSPS) is 21.9. The lowest BCUT2D eigenvalue weighted by molar-refractivity contribution is -0.141. The Morgan fingerprint density at radius 1 is 1.50 bits per heavy atom. The van der Waals surface area contributed by atoms with Gasteiger partial charge in [0.2, 0.25) is 0 Å². The number of rotatable bonds is 5. The molecule has 2 aromatic rings. The third kappa shape index (κ3) is 3.10. The van der Waals surface area contributed by atoms with Crippen LogP contribution in [0.15, 0.2) is 29.8 Å². The summed E-state index contributed by atoms with van der Waals surface area (Å²) in [6.45, 7) is 1.90. The molecule has 0 amide bonds. The van der Waals surface area contributed by atoms with E-state index < -0.39 is 11.9 Å². The van der Waals surface area contributed by atoms with Crippen LogP contribution < -0.4 is 5.32 Å². The largest absolute Gasteiger partial charge is 0.481 e. The van der Waals surface area contributed by atoms with Crippen molar-refractivity contribution in [2.24, 2.45) is 5.92 Å². The summed E-state index contributed by atoms with van der Waals surface area (Å²) >= 11 is 1.56. The number of anilines is 1. The van der Waals surface area contributed by atoms with Gasteiger partial charge in [0.25, 0.3) is 0 Å². The van der Waals surface area contributed by atoms with Crippen molar-refractivity contribution in [2.45, 2.75) is 12.5 Å². The van der Waals surface area contributed by atoms with E-state index in [-0.39, 0.29) is 5.92 Å². The van der Waals surface area contributed by atoms with Crippen LogP contribution in [0, 0.1) is 5.92 Å². The van der Waals surface area contributed by atoms with Crippen LogP contribution in [0.4, 0.5) is 5.13 Å². The fourth-order valence-corrected chi connectivity index (χ4v) is 3.55. The highest BCUT2D eigenvalue weighted by atomic mass is 32.1. The number of nitrogens with zero attached hydrogens (tertiary/aromatic N) is 3. The minimum Gasteiger partial charge on any atom is -0.481 e. The molecular formula is C15H18N4O2S. The lowest BCUT2D eigenvalue weighted by Gasteiger charge is -2.14. The van der Waals surface area contributed by atoms with Crippen molar-refractivity contribution in [3.63, 3.8) is 0 Å². The van der Waals surface area contributed by atoms with Gasteiger partial charge in [-0.25, -0.2) is 4.98 Å². The van der Waals surface area contributed by atoms with Crippen LogP contribution in [0.2, 0.25) is 0 Å². The van der Waals surface area contributed by atoms with Crippen molar-refractivity contribution in [2.75, 3.05) is 25.5 Å². The summed E-state index contributed by atoms with van der Waals surface area (Å²) in [6, 6.07) is 5.66. The van der Waals surface area contributed by atoms with Gasteiger partial charge in [-0.2, -0.15) is 0 Å². The monoisotopic (exact) mass is 318 g/mol. The molecule has 116 valence electrons. The van der Waals surface area contributed by atoms with Crippen LogP contribution in [-0.2, 0) is 11.3 Å². The van der Waals surface area contributed by atoms with Crippen molar-refractivity contribution < 1.29 is 9.90 Å². The highest BCUT2D eigenvalue weighted by Crippen LogP contribution is 2.32. The zero-order valence-electron chi connectivity index (χ0n) is 12.3. The molecule has 3 rings (SSSR count). The van der Waals surface area contributed by atoms with Crippen molar-refractivity contribution in [1.82, 2.24) is 14.9 Å². The number of aliphatic carboxylic acids is 1. The average Bonchev–Trinajstić information content (AvgIpc) is 3.15. The second-order valence-electron chi connectivity index (χ2n) is 5.39. The Hall–Kier alpha value is -1.99. The zero-order chi connectivity index (χ0) is 15.5. The predicted molar refractivity (Wildman–Crippen MR) is 85.0 cm³/mol. The lowest BCUT2D eigenvalue weighted by Crippen LogP contribution is -2.23. The zero-order valence-corrected chi connectivity index (χ0v) is 13.1. The Kier molecular flexibility index (Phi) is 4.35. The van der Waals surface area contributed by atoms with E-state index in [1.165, 1.54) is 0 Å². The molecule has 0 aromatic carbocycles. The Bertz CT molecular complexity index is 646. The number of hydrogen-bond donors (Lipinski definition) is 2. The van der Waals surface area contributed by atoms with Crippen LogP contribution in [0.25, 0.3) is 0 Å². The second-order valence-corrected chi connectivity index (χ2v) is 6.25. The quantitative estimate of drug-likeness (QED) is 0.876. The summed E-state index contributed by atoms with van der Waals surface area (Å²) in [7, 11) is 1.84. The molecular weight excluding hydrogens is 300 g/mol. The van der Waals surface area contributed by atoms with E-state index in [0.29, 0.717) is 19.6 Å². The smallest absolute Gasteiger partial charge is 0.308 e.